The summed E-state index contributed by atoms with van der Waals surface area (Å²) in [5, 5.41) is 0. The molecular weight excluding hydrogens is 256 g/mol. The second kappa shape index (κ2) is 6.34. The molecule has 0 fully saturated rings. The molecule has 0 radical (unpaired) electrons. The van der Waals surface area contributed by atoms with Gasteiger partial charge in [0.2, 0.25) is 0 Å². The van der Waals surface area contributed by atoms with Gasteiger partial charge in [-0.3, -0.25) is 0 Å². The largest absolute Gasteiger partial charge is 0.485 e. The maximum atomic E-state index is 6.27. The summed E-state index contributed by atoms with van der Waals surface area (Å²) in [5.74, 6) is 1.53. The molecular formula is C20H24O. The average molecular weight is 280 g/mol. The van der Waals surface area contributed by atoms with E-state index in [0.29, 0.717) is 5.92 Å². The van der Waals surface area contributed by atoms with Crippen molar-refractivity contribution in [3.05, 3.63) is 65.2 Å². The first-order chi connectivity index (χ1) is 10.3. The molecule has 1 heteroatoms. The zero-order valence-electron chi connectivity index (χ0n) is 13.0. The summed E-state index contributed by atoms with van der Waals surface area (Å²) in [4.78, 5) is 0. The monoisotopic (exact) mass is 280 g/mol. The van der Waals surface area contributed by atoms with Gasteiger partial charge in [0.05, 0.1) is 0 Å². The van der Waals surface area contributed by atoms with Gasteiger partial charge in [0.25, 0.3) is 0 Å². The van der Waals surface area contributed by atoms with E-state index < -0.39 is 0 Å². The van der Waals surface area contributed by atoms with E-state index in [-0.39, 0.29) is 6.10 Å². The quantitative estimate of drug-likeness (QED) is 0.718. The molecule has 0 saturated carbocycles. The number of ether oxygens (including phenoxy) is 1. The molecule has 110 valence electrons. The fourth-order valence-electron chi connectivity index (χ4n) is 3.20. The second-order valence-electron chi connectivity index (χ2n) is 6.17. The Bertz CT molecular complexity index is 585. The van der Waals surface area contributed by atoms with Crippen molar-refractivity contribution in [2.45, 2.75) is 45.6 Å². The van der Waals surface area contributed by atoms with E-state index in [1.807, 2.05) is 0 Å². The molecule has 0 amide bonds. The summed E-state index contributed by atoms with van der Waals surface area (Å²) in [6.07, 6.45) is 4.99. The second-order valence-corrected chi connectivity index (χ2v) is 6.17. The normalized spacial score (nSPS) is 20.3. The van der Waals surface area contributed by atoms with Crippen LogP contribution >= 0.6 is 0 Å². The van der Waals surface area contributed by atoms with Crippen molar-refractivity contribution in [2.75, 3.05) is 0 Å². The van der Waals surface area contributed by atoms with Crippen molar-refractivity contribution >= 4 is 0 Å². The van der Waals surface area contributed by atoms with Gasteiger partial charge in [-0.15, -0.1) is 0 Å². The molecule has 0 saturated heterocycles. The van der Waals surface area contributed by atoms with Crippen LogP contribution in [-0.2, 0) is 12.8 Å². The standard InChI is InChI=1S/C20H24O/c1-3-4-7-16-10-12-18(13-11-16)21-20-15(2)14-17-8-5-6-9-19(17)20/h5-6,8-13,15,20H,3-4,7,14H2,1-2H3/t15-,20?/m1/s1. The Kier molecular flexibility index (Phi) is 4.28. The number of hydrogen-bond donors (Lipinski definition) is 0. The van der Waals surface area contributed by atoms with E-state index in [4.69, 9.17) is 4.74 Å². The van der Waals surface area contributed by atoms with Crippen LogP contribution in [0.3, 0.4) is 0 Å². The number of rotatable bonds is 5. The number of benzene rings is 2. The molecule has 1 nitrogen and oxygen atoms in total. The Morgan fingerprint density at radius 2 is 1.81 bits per heavy atom. The topological polar surface area (TPSA) is 9.23 Å². The molecule has 0 aliphatic heterocycles. The average Bonchev–Trinajstić information content (AvgIpc) is 2.83. The van der Waals surface area contributed by atoms with Gasteiger partial charge in [-0.25, -0.2) is 0 Å². The lowest BCUT2D eigenvalue weighted by Gasteiger charge is -2.19. The molecule has 0 N–H and O–H groups in total. The zero-order valence-corrected chi connectivity index (χ0v) is 13.0. The number of aryl methyl sites for hydroxylation is 1. The van der Waals surface area contributed by atoms with E-state index >= 15 is 0 Å². The van der Waals surface area contributed by atoms with Gasteiger partial charge in [0.1, 0.15) is 11.9 Å². The van der Waals surface area contributed by atoms with Crippen LogP contribution in [0.15, 0.2) is 48.5 Å². The highest BCUT2D eigenvalue weighted by atomic mass is 16.5. The van der Waals surface area contributed by atoms with Gasteiger partial charge in [-0.1, -0.05) is 56.7 Å². The van der Waals surface area contributed by atoms with Crippen LogP contribution in [0.1, 0.15) is 49.5 Å². The van der Waals surface area contributed by atoms with Gasteiger partial charge in [0.15, 0.2) is 0 Å². The van der Waals surface area contributed by atoms with Crippen LogP contribution in [0.4, 0.5) is 0 Å². The Balaban J connectivity index is 1.72. The molecule has 3 rings (SSSR count). The van der Waals surface area contributed by atoms with Crippen LogP contribution < -0.4 is 4.74 Å². The molecule has 1 aliphatic carbocycles. The number of hydrogen-bond acceptors (Lipinski definition) is 1. The fourth-order valence-corrected chi connectivity index (χ4v) is 3.20. The lowest BCUT2D eigenvalue weighted by Crippen LogP contribution is -2.11. The van der Waals surface area contributed by atoms with Crippen LogP contribution in [0, 0.1) is 5.92 Å². The van der Waals surface area contributed by atoms with Crippen molar-refractivity contribution in [1.29, 1.82) is 0 Å². The predicted molar refractivity (Wildman–Crippen MR) is 87.7 cm³/mol. The van der Waals surface area contributed by atoms with Gasteiger partial charge in [-0.2, -0.15) is 0 Å². The van der Waals surface area contributed by atoms with E-state index in [9.17, 15) is 0 Å². The Morgan fingerprint density at radius 1 is 1.05 bits per heavy atom. The summed E-state index contributed by atoms with van der Waals surface area (Å²) < 4.78 is 6.27. The third-order valence-corrected chi connectivity index (χ3v) is 4.43. The number of fused-ring (bicyclic) bond motifs is 1. The van der Waals surface area contributed by atoms with Crippen molar-refractivity contribution < 1.29 is 4.74 Å². The van der Waals surface area contributed by atoms with Gasteiger partial charge in [-0.05, 0) is 48.1 Å². The first kappa shape index (κ1) is 14.2. The minimum absolute atomic E-state index is 0.197. The summed E-state index contributed by atoms with van der Waals surface area (Å²) in [5.41, 5.74) is 4.21. The third-order valence-electron chi connectivity index (χ3n) is 4.43. The van der Waals surface area contributed by atoms with Crippen molar-refractivity contribution in [3.63, 3.8) is 0 Å². The maximum Gasteiger partial charge on any atom is 0.127 e. The smallest absolute Gasteiger partial charge is 0.127 e. The zero-order chi connectivity index (χ0) is 14.7. The van der Waals surface area contributed by atoms with Crippen LogP contribution in [-0.4, -0.2) is 0 Å². The Labute approximate surface area is 128 Å². The highest BCUT2D eigenvalue weighted by Crippen LogP contribution is 2.38. The molecule has 2 aromatic carbocycles. The lowest BCUT2D eigenvalue weighted by molar-refractivity contribution is 0.159. The molecule has 1 unspecified atom stereocenters. The lowest BCUT2D eigenvalue weighted by atomic mass is 10.1. The van der Waals surface area contributed by atoms with Crippen LogP contribution in [0.5, 0.6) is 5.75 Å². The van der Waals surface area contributed by atoms with Gasteiger partial charge < -0.3 is 4.74 Å². The van der Waals surface area contributed by atoms with Crippen molar-refractivity contribution in [1.82, 2.24) is 0 Å². The highest BCUT2D eigenvalue weighted by molar-refractivity contribution is 5.36. The molecule has 21 heavy (non-hydrogen) atoms. The molecule has 0 aromatic heterocycles. The fraction of sp³-hybridized carbons (Fsp3) is 0.400. The van der Waals surface area contributed by atoms with E-state index in [2.05, 4.69) is 62.4 Å². The van der Waals surface area contributed by atoms with E-state index in [0.717, 1.165) is 12.2 Å². The van der Waals surface area contributed by atoms with Crippen LogP contribution in [0.25, 0.3) is 0 Å². The minimum atomic E-state index is 0.197. The van der Waals surface area contributed by atoms with Crippen molar-refractivity contribution in [3.8, 4) is 5.75 Å². The SMILES string of the molecule is CCCCc1ccc(OC2c3ccccc3C[C@H]2C)cc1. The Hall–Kier alpha value is -1.76. The first-order valence-corrected chi connectivity index (χ1v) is 8.11. The summed E-state index contributed by atoms with van der Waals surface area (Å²) in [6, 6.07) is 17.3. The summed E-state index contributed by atoms with van der Waals surface area (Å²) >= 11 is 0. The Morgan fingerprint density at radius 3 is 2.57 bits per heavy atom. The van der Waals surface area contributed by atoms with Gasteiger partial charge >= 0.3 is 0 Å². The molecule has 1 aliphatic rings. The predicted octanol–water partition coefficient (Wildman–Crippen LogP) is 5.34. The highest BCUT2D eigenvalue weighted by Gasteiger charge is 2.30. The van der Waals surface area contributed by atoms with E-state index in [1.54, 1.807) is 0 Å². The van der Waals surface area contributed by atoms with Crippen LogP contribution in [0.2, 0.25) is 0 Å². The minimum Gasteiger partial charge on any atom is -0.485 e. The maximum absolute atomic E-state index is 6.27. The third kappa shape index (κ3) is 3.12. The number of unbranched alkanes of at least 4 members (excludes halogenated alkanes) is 1. The first-order valence-electron chi connectivity index (χ1n) is 8.11. The summed E-state index contributed by atoms with van der Waals surface area (Å²) in [7, 11) is 0. The van der Waals surface area contributed by atoms with Crippen molar-refractivity contribution in [2.24, 2.45) is 5.92 Å². The molecule has 0 heterocycles. The van der Waals surface area contributed by atoms with Gasteiger partial charge in [0, 0.05) is 5.92 Å². The molecule has 0 spiro atoms. The molecule has 0 bridgehead atoms. The van der Waals surface area contributed by atoms with E-state index in [1.165, 1.54) is 36.0 Å². The molecule has 2 atom stereocenters. The molecule has 2 aromatic rings. The summed E-state index contributed by atoms with van der Waals surface area (Å²) in [6.45, 7) is 4.51.